The predicted molar refractivity (Wildman–Crippen MR) is 228 cm³/mol. The van der Waals surface area contributed by atoms with Crippen molar-refractivity contribution in [3.05, 3.63) is 188 Å². The molecule has 11 aromatic rings. The van der Waals surface area contributed by atoms with Crippen LogP contribution in [0.15, 0.2) is 182 Å². The Hall–Kier alpha value is -7.34. The van der Waals surface area contributed by atoms with Crippen LogP contribution < -0.4 is 0 Å². The Kier molecular flexibility index (Phi) is 6.65. The van der Waals surface area contributed by atoms with Gasteiger partial charge in [0.1, 0.15) is 0 Å². The van der Waals surface area contributed by atoms with E-state index >= 15 is 0 Å². The van der Waals surface area contributed by atoms with Gasteiger partial charge in [-0.05, 0) is 94.3 Å². The van der Waals surface area contributed by atoms with Gasteiger partial charge in [0.05, 0.1) is 22.8 Å². The van der Waals surface area contributed by atoms with Crippen LogP contribution in [0.25, 0.3) is 109 Å². The third-order valence-corrected chi connectivity index (χ3v) is 11.2. The lowest BCUT2D eigenvalue weighted by Crippen LogP contribution is -1.95. The molecule has 0 aliphatic heterocycles. The van der Waals surface area contributed by atoms with Crippen LogP contribution in [0.4, 0.5) is 0 Å². The highest BCUT2D eigenvalue weighted by atomic mass is 14.7. The lowest BCUT2D eigenvalue weighted by molar-refractivity contribution is 1.42. The molecule has 2 heteroatoms. The maximum absolute atomic E-state index is 9.62. The van der Waals surface area contributed by atoms with Gasteiger partial charge in [-0.1, -0.05) is 164 Å². The number of pyridine rings is 1. The monoisotopic (exact) mass is 682 g/mol. The van der Waals surface area contributed by atoms with Crippen LogP contribution >= 0.6 is 0 Å². The summed E-state index contributed by atoms with van der Waals surface area (Å²) in [5, 5.41) is 25.2. The van der Waals surface area contributed by atoms with Crippen molar-refractivity contribution in [2.75, 3.05) is 0 Å². The Morgan fingerprint density at radius 1 is 0.370 bits per heavy atom. The minimum atomic E-state index is 0.632. The molecular formula is C52H30N2. The number of rotatable bonds is 3. The second-order valence-electron chi connectivity index (χ2n) is 14.1. The first kappa shape index (κ1) is 30.3. The maximum Gasteiger partial charge on any atom is 0.0991 e. The Morgan fingerprint density at radius 3 is 1.50 bits per heavy atom. The highest BCUT2D eigenvalue weighted by molar-refractivity contribution is 6.34. The molecule has 0 aliphatic carbocycles. The molecule has 11 rings (SSSR count). The smallest absolute Gasteiger partial charge is 0.0991 e. The first-order valence-electron chi connectivity index (χ1n) is 18.4. The number of hydrogen-bond acceptors (Lipinski definition) is 2. The Balaban J connectivity index is 1.26. The van der Waals surface area contributed by atoms with Crippen LogP contribution in [-0.2, 0) is 0 Å². The van der Waals surface area contributed by atoms with Gasteiger partial charge in [0.15, 0.2) is 0 Å². The van der Waals surface area contributed by atoms with Gasteiger partial charge in [-0.3, -0.25) is 0 Å². The lowest BCUT2D eigenvalue weighted by atomic mass is 9.84. The second kappa shape index (κ2) is 11.9. The molecule has 0 spiro atoms. The van der Waals surface area contributed by atoms with E-state index < -0.39 is 0 Å². The van der Waals surface area contributed by atoms with Gasteiger partial charge in [0.25, 0.3) is 0 Å². The van der Waals surface area contributed by atoms with Crippen molar-refractivity contribution < 1.29 is 0 Å². The van der Waals surface area contributed by atoms with Crippen molar-refractivity contribution in [2.45, 2.75) is 0 Å². The summed E-state index contributed by atoms with van der Waals surface area (Å²) in [5.74, 6) is 0. The molecule has 0 unspecified atom stereocenters. The molecule has 0 bridgehead atoms. The topological polar surface area (TPSA) is 36.7 Å². The minimum absolute atomic E-state index is 0.632. The number of nitrogens with zero attached hydrogens (tertiary/aromatic N) is 2. The van der Waals surface area contributed by atoms with Gasteiger partial charge in [-0.15, -0.1) is 0 Å². The summed E-state index contributed by atoms with van der Waals surface area (Å²) in [4.78, 5) is 5.55. The molecule has 1 aromatic heterocycles. The van der Waals surface area contributed by atoms with Gasteiger partial charge in [-0.25, -0.2) is 4.98 Å². The summed E-state index contributed by atoms with van der Waals surface area (Å²) >= 11 is 0. The van der Waals surface area contributed by atoms with E-state index in [-0.39, 0.29) is 0 Å². The molecule has 10 aromatic carbocycles. The average Bonchev–Trinajstić information content (AvgIpc) is 3.24. The summed E-state index contributed by atoms with van der Waals surface area (Å²) < 4.78 is 0. The highest BCUT2D eigenvalue weighted by Crippen LogP contribution is 2.47. The molecule has 0 saturated heterocycles. The summed E-state index contributed by atoms with van der Waals surface area (Å²) in [6.45, 7) is 0. The molecule has 0 N–H and O–H groups in total. The molecule has 0 atom stereocenters. The van der Waals surface area contributed by atoms with Gasteiger partial charge in [-0.2, -0.15) is 5.26 Å². The van der Waals surface area contributed by atoms with Gasteiger partial charge in [0, 0.05) is 21.7 Å². The van der Waals surface area contributed by atoms with Crippen molar-refractivity contribution in [3.8, 4) is 39.6 Å². The fourth-order valence-electron chi connectivity index (χ4n) is 8.92. The van der Waals surface area contributed by atoms with E-state index in [9.17, 15) is 5.26 Å². The Labute approximate surface area is 311 Å². The Morgan fingerprint density at radius 2 is 0.870 bits per heavy atom. The SMILES string of the molecule is N#Cc1ccc(-c2nc3cc(-c4c5ccccc5c(-c5cccc6ccccc56)c5ccccc45)ccc3c3c4ccccc4c4ccccc4c23)cc1. The first-order chi connectivity index (χ1) is 26.8. The van der Waals surface area contributed by atoms with Crippen LogP contribution in [0.2, 0.25) is 0 Å². The number of benzene rings is 10. The van der Waals surface area contributed by atoms with Crippen LogP contribution in [0.3, 0.4) is 0 Å². The molecule has 2 nitrogen and oxygen atoms in total. The van der Waals surface area contributed by atoms with Gasteiger partial charge < -0.3 is 0 Å². The zero-order chi connectivity index (χ0) is 35.8. The number of nitriles is 1. The number of hydrogen-bond donors (Lipinski definition) is 0. The van der Waals surface area contributed by atoms with Crippen LogP contribution in [0.1, 0.15) is 5.56 Å². The molecular weight excluding hydrogens is 653 g/mol. The zero-order valence-electron chi connectivity index (χ0n) is 29.2. The van der Waals surface area contributed by atoms with E-state index in [0.29, 0.717) is 5.56 Å². The summed E-state index contributed by atoms with van der Waals surface area (Å²) in [6, 6.07) is 67.4. The van der Waals surface area contributed by atoms with E-state index in [1.165, 1.54) is 75.9 Å². The van der Waals surface area contributed by atoms with Gasteiger partial charge >= 0.3 is 0 Å². The first-order valence-corrected chi connectivity index (χ1v) is 18.4. The third kappa shape index (κ3) is 4.43. The van der Waals surface area contributed by atoms with E-state index in [4.69, 9.17) is 4.98 Å². The van der Waals surface area contributed by atoms with E-state index in [1.54, 1.807) is 0 Å². The number of fused-ring (bicyclic) bond motifs is 11. The molecule has 54 heavy (non-hydrogen) atoms. The maximum atomic E-state index is 9.62. The predicted octanol–water partition coefficient (Wildman–Crippen LogP) is 14.0. The standard InChI is InChI=1S/C52H30N2/c53-31-32-24-26-34(27-25-32)52-51-41-18-6-4-16-38(41)37-15-3-5-17-40(37)50(51)46-29-28-35(30-47(46)54-52)48-42-19-7-9-21-44(42)49(45-22-10-8-20-43(45)48)39-23-11-13-33-12-1-2-14-36(33)39/h1-30H. The molecule has 0 aliphatic rings. The molecule has 0 saturated carbocycles. The van der Waals surface area contributed by atoms with Gasteiger partial charge in [0.2, 0.25) is 0 Å². The number of aromatic nitrogens is 1. The summed E-state index contributed by atoms with van der Waals surface area (Å²) in [7, 11) is 0. The second-order valence-corrected chi connectivity index (χ2v) is 14.1. The molecule has 248 valence electrons. The zero-order valence-corrected chi connectivity index (χ0v) is 29.2. The van der Waals surface area contributed by atoms with Crippen molar-refractivity contribution in [1.82, 2.24) is 4.98 Å². The third-order valence-electron chi connectivity index (χ3n) is 11.2. The molecule has 1 heterocycles. The van der Waals surface area contributed by atoms with E-state index in [1.807, 2.05) is 24.3 Å². The van der Waals surface area contributed by atoms with Crippen LogP contribution in [0, 0.1) is 11.3 Å². The molecule has 0 fully saturated rings. The van der Waals surface area contributed by atoms with Crippen molar-refractivity contribution in [2.24, 2.45) is 0 Å². The molecule has 0 radical (unpaired) electrons. The molecule has 0 amide bonds. The van der Waals surface area contributed by atoms with E-state index in [2.05, 4.69) is 164 Å². The van der Waals surface area contributed by atoms with Crippen molar-refractivity contribution in [3.63, 3.8) is 0 Å². The van der Waals surface area contributed by atoms with E-state index in [0.717, 1.165) is 33.1 Å². The summed E-state index contributed by atoms with van der Waals surface area (Å²) in [5.41, 5.74) is 8.31. The Bertz CT molecular complexity index is 3320. The average molecular weight is 683 g/mol. The minimum Gasteiger partial charge on any atom is -0.247 e. The largest absolute Gasteiger partial charge is 0.247 e. The lowest BCUT2D eigenvalue weighted by Gasteiger charge is -2.20. The van der Waals surface area contributed by atoms with Crippen molar-refractivity contribution >= 4 is 75.5 Å². The fraction of sp³-hybridized carbons (Fsp3) is 0. The quantitative estimate of drug-likeness (QED) is 0.137. The fourth-order valence-corrected chi connectivity index (χ4v) is 8.92. The summed E-state index contributed by atoms with van der Waals surface area (Å²) in [6.07, 6.45) is 0. The highest BCUT2D eigenvalue weighted by Gasteiger charge is 2.21. The van der Waals surface area contributed by atoms with Crippen LogP contribution in [-0.4, -0.2) is 4.98 Å². The van der Waals surface area contributed by atoms with Crippen LogP contribution in [0.5, 0.6) is 0 Å². The van der Waals surface area contributed by atoms with Crippen molar-refractivity contribution in [1.29, 1.82) is 5.26 Å². The normalized spacial score (nSPS) is 11.7.